The summed E-state index contributed by atoms with van der Waals surface area (Å²) in [7, 11) is -2.64. The summed E-state index contributed by atoms with van der Waals surface area (Å²) in [6.07, 6.45) is 5.59. The number of hydrogen-bond donors (Lipinski definition) is 1. The van der Waals surface area contributed by atoms with Gasteiger partial charge < -0.3 is 28.1 Å². The van der Waals surface area contributed by atoms with Gasteiger partial charge in [0.15, 0.2) is 0 Å². The molecule has 32 heavy (non-hydrogen) atoms. The van der Waals surface area contributed by atoms with E-state index in [0.717, 1.165) is 50.3 Å². The normalized spacial score (nSPS) is 11.7. The third kappa shape index (κ3) is 16.3. The molecule has 1 N–H and O–H groups in total. The lowest BCUT2D eigenvalue weighted by Crippen LogP contribution is -2.46. The summed E-state index contributed by atoms with van der Waals surface area (Å²) < 4.78 is 29.4. The molecule has 0 rings (SSSR count). The Labute approximate surface area is 201 Å². The van der Waals surface area contributed by atoms with E-state index in [2.05, 4.69) is 26.1 Å². The Bertz CT molecular complexity index is 405. The van der Waals surface area contributed by atoms with Gasteiger partial charge >= 0.3 is 14.8 Å². The number of hydrogen-bond acceptors (Lipinski definition) is 7. The Morgan fingerprint density at radius 3 is 1.69 bits per heavy atom. The van der Waals surface area contributed by atoms with Gasteiger partial charge in [-0.25, -0.2) is 4.79 Å². The zero-order chi connectivity index (χ0) is 23.9. The molecule has 192 valence electrons. The SMILES string of the molecule is CCCOCN(COCCC)C(=O)NCSCCC[Si](OCCC)(OCCC)OCCC. The summed E-state index contributed by atoms with van der Waals surface area (Å²) in [5, 5.41) is 2.94. The van der Waals surface area contributed by atoms with Crippen molar-refractivity contribution >= 4 is 26.6 Å². The second kappa shape index (κ2) is 22.4. The molecule has 0 bridgehead atoms. The molecular weight excluding hydrogens is 448 g/mol. The number of carbonyl (C=O) groups excluding carboxylic acids is 1. The van der Waals surface area contributed by atoms with Crippen LogP contribution in [0.1, 0.15) is 73.1 Å². The van der Waals surface area contributed by atoms with E-state index >= 15 is 0 Å². The van der Waals surface area contributed by atoms with E-state index in [0.29, 0.717) is 38.9 Å². The van der Waals surface area contributed by atoms with Crippen LogP contribution in [-0.4, -0.2) is 77.9 Å². The van der Waals surface area contributed by atoms with Crippen molar-refractivity contribution in [1.82, 2.24) is 10.2 Å². The first-order valence-electron chi connectivity index (χ1n) is 12.3. The third-order valence-electron chi connectivity index (χ3n) is 4.15. The van der Waals surface area contributed by atoms with Crippen LogP contribution in [0.15, 0.2) is 0 Å². The summed E-state index contributed by atoms with van der Waals surface area (Å²) in [4.78, 5) is 14.0. The first kappa shape index (κ1) is 31.6. The van der Waals surface area contributed by atoms with Gasteiger partial charge in [0.2, 0.25) is 0 Å². The van der Waals surface area contributed by atoms with Gasteiger partial charge in [-0.3, -0.25) is 4.90 Å². The highest BCUT2D eigenvalue weighted by Crippen LogP contribution is 2.21. The fourth-order valence-corrected chi connectivity index (χ4v) is 6.41. The minimum Gasteiger partial charge on any atom is -0.373 e. The van der Waals surface area contributed by atoms with Crippen molar-refractivity contribution in [3.63, 3.8) is 0 Å². The molecule has 0 spiro atoms. The average Bonchev–Trinajstić information content (AvgIpc) is 2.80. The molecule has 0 aromatic carbocycles. The van der Waals surface area contributed by atoms with Crippen LogP contribution in [0.5, 0.6) is 0 Å². The number of ether oxygens (including phenoxy) is 2. The Morgan fingerprint density at radius 2 is 1.25 bits per heavy atom. The first-order valence-corrected chi connectivity index (χ1v) is 15.3. The van der Waals surface area contributed by atoms with Crippen molar-refractivity contribution in [3.8, 4) is 0 Å². The Hall–Kier alpha value is -0.363. The molecule has 0 radical (unpaired) electrons. The van der Waals surface area contributed by atoms with E-state index in [1.54, 1.807) is 16.7 Å². The number of thioether (sulfide) groups is 1. The zero-order valence-corrected chi connectivity index (χ0v) is 22.9. The molecule has 2 amide bonds. The van der Waals surface area contributed by atoms with Crippen molar-refractivity contribution < 1.29 is 27.5 Å². The monoisotopic (exact) mass is 496 g/mol. The van der Waals surface area contributed by atoms with Gasteiger partial charge in [-0.05, 0) is 44.3 Å². The number of rotatable bonds is 23. The van der Waals surface area contributed by atoms with Gasteiger partial charge in [0.1, 0.15) is 13.5 Å². The first-order chi connectivity index (χ1) is 15.6. The van der Waals surface area contributed by atoms with Crippen LogP contribution in [0.3, 0.4) is 0 Å². The molecule has 0 aliphatic carbocycles. The third-order valence-corrected chi connectivity index (χ3v) is 7.98. The maximum atomic E-state index is 12.5. The van der Waals surface area contributed by atoms with Crippen molar-refractivity contribution in [2.75, 3.05) is 58.1 Å². The summed E-state index contributed by atoms with van der Waals surface area (Å²) >= 11 is 1.68. The van der Waals surface area contributed by atoms with Crippen molar-refractivity contribution in [2.24, 2.45) is 0 Å². The van der Waals surface area contributed by atoms with Gasteiger partial charge in [0, 0.05) is 39.1 Å². The minimum absolute atomic E-state index is 0.169. The molecule has 8 nitrogen and oxygen atoms in total. The van der Waals surface area contributed by atoms with Crippen molar-refractivity contribution in [1.29, 1.82) is 0 Å². The van der Waals surface area contributed by atoms with E-state index < -0.39 is 8.80 Å². The van der Waals surface area contributed by atoms with Crippen LogP contribution in [0.25, 0.3) is 0 Å². The number of urea groups is 1. The van der Waals surface area contributed by atoms with Gasteiger partial charge in [-0.2, -0.15) is 0 Å². The molecule has 0 saturated carbocycles. The Morgan fingerprint density at radius 1 is 0.781 bits per heavy atom. The summed E-state index contributed by atoms with van der Waals surface area (Å²) in [6.45, 7) is 14.1. The predicted octanol–water partition coefficient (Wildman–Crippen LogP) is 5.07. The molecule has 0 aromatic heterocycles. The quantitative estimate of drug-likeness (QED) is 0.120. The van der Waals surface area contributed by atoms with Crippen molar-refractivity contribution in [2.45, 2.75) is 79.2 Å². The number of carbonyl (C=O) groups is 1. The molecule has 0 aliphatic heterocycles. The van der Waals surface area contributed by atoms with E-state index in [-0.39, 0.29) is 19.5 Å². The highest BCUT2D eigenvalue weighted by atomic mass is 32.2. The van der Waals surface area contributed by atoms with E-state index in [1.165, 1.54) is 0 Å². The average molecular weight is 497 g/mol. The molecule has 0 atom stereocenters. The molecule has 0 saturated heterocycles. The largest absolute Gasteiger partial charge is 0.500 e. The van der Waals surface area contributed by atoms with Gasteiger partial charge in [-0.1, -0.05) is 34.6 Å². The fraction of sp³-hybridized carbons (Fsp3) is 0.955. The summed E-state index contributed by atoms with van der Waals surface area (Å²) in [5.74, 6) is 1.43. The second-order valence-corrected chi connectivity index (χ2v) is 11.3. The van der Waals surface area contributed by atoms with Gasteiger partial charge in [0.05, 0.1) is 5.88 Å². The number of nitrogens with zero attached hydrogens (tertiary/aromatic N) is 1. The van der Waals surface area contributed by atoms with Crippen molar-refractivity contribution in [3.05, 3.63) is 0 Å². The minimum atomic E-state index is -2.64. The van der Waals surface area contributed by atoms with Crippen LogP contribution in [0.2, 0.25) is 6.04 Å². The fourth-order valence-electron chi connectivity index (χ4n) is 2.59. The molecule has 0 heterocycles. The van der Waals surface area contributed by atoms with E-state index in [1.807, 2.05) is 13.8 Å². The molecule has 0 fully saturated rings. The maximum Gasteiger partial charge on any atom is 0.500 e. The highest BCUT2D eigenvalue weighted by molar-refractivity contribution is 7.99. The van der Waals surface area contributed by atoms with Crippen LogP contribution in [0, 0.1) is 0 Å². The van der Waals surface area contributed by atoms with Crippen LogP contribution >= 0.6 is 11.8 Å². The standard InChI is InChI=1S/C22H48N2O6SSi/c1-6-12-26-20-24(21-27-13-7-2)22(25)23-19-31-17-11-18-32(28-14-8-3,29-15-9-4)30-16-10-5/h6-21H2,1-5H3,(H,23,25). The second-order valence-electron chi connectivity index (χ2n) is 7.48. The molecule has 0 aromatic rings. The topological polar surface area (TPSA) is 78.5 Å². The summed E-state index contributed by atoms with van der Waals surface area (Å²) in [6, 6.07) is 0.632. The van der Waals surface area contributed by atoms with Gasteiger partial charge in [-0.15, -0.1) is 11.8 Å². The molecular formula is C22H48N2O6SSi. The molecule has 10 heteroatoms. The lowest BCUT2D eigenvalue weighted by molar-refractivity contribution is -0.0203. The highest BCUT2D eigenvalue weighted by Gasteiger charge is 2.40. The molecule has 0 aliphatic rings. The Balaban J connectivity index is 4.42. The smallest absolute Gasteiger partial charge is 0.373 e. The molecule has 0 unspecified atom stereocenters. The lowest BCUT2D eigenvalue weighted by Gasteiger charge is -2.29. The van der Waals surface area contributed by atoms with Crippen LogP contribution in [-0.2, 0) is 22.8 Å². The summed E-state index contributed by atoms with van der Waals surface area (Å²) in [5.41, 5.74) is 0. The van der Waals surface area contributed by atoms with Crippen LogP contribution in [0.4, 0.5) is 4.79 Å². The zero-order valence-electron chi connectivity index (χ0n) is 21.1. The maximum absolute atomic E-state index is 12.5. The van der Waals surface area contributed by atoms with Gasteiger partial charge in [0.25, 0.3) is 0 Å². The number of nitrogens with one attached hydrogen (secondary N) is 1. The predicted molar refractivity (Wildman–Crippen MR) is 134 cm³/mol. The van der Waals surface area contributed by atoms with E-state index in [9.17, 15) is 4.79 Å². The van der Waals surface area contributed by atoms with Crippen LogP contribution < -0.4 is 5.32 Å². The Kier molecular flexibility index (Phi) is 22.2. The number of amides is 2. The van der Waals surface area contributed by atoms with E-state index in [4.69, 9.17) is 22.8 Å². The lowest BCUT2D eigenvalue weighted by atomic mass is 10.5.